The molecule has 4 aromatic rings. The van der Waals surface area contributed by atoms with Gasteiger partial charge in [-0.25, -0.2) is 9.67 Å². The summed E-state index contributed by atoms with van der Waals surface area (Å²) in [5.41, 5.74) is 3.92. The third-order valence-corrected chi connectivity index (χ3v) is 5.49. The Kier molecular flexibility index (Phi) is 4.51. The molecule has 5 rings (SSSR count). The van der Waals surface area contributed by atoms with Crippen LogP contribution in [-0.2, 0) is 13.6 Å². The van der Waals surface area contributed by atoms with E-state index in [2.05, 4.69) is 38.9 Å². The number of rotatable bonds is 5. The average Bonchev–Trinajstić information content (AvgIpc) is 3.48. The second kappa shape index (κ2) is 7.32. The molecule has 29 heavy (non-hydrogen) atoms. The first-order valence-electron chi connectivity index (χ1n) is 10.1. The molecule has 0 radical (unpaired) electrons. The van der Waals surface area contributed by atoms with Gasteiger partial charge in [0.1, 0.15) is 11.6 Å². The van der Waals surface area contributed by atoms with E-state index in [4.69, 9.17) is 4.98 Å². The van der Waals surface area contributed by atoms with Gasteiger partial charge in [0.25, 0.3) is 0 Å². The van der Waals surface area contributed by atoms with Gasteiger partial charge < -0.3 is 10.6 Å². The number of aromatic nitrogens is 7. The Morgan fingerprint density at radius 2 is 2.14 bits per heavy atom. The highest BCUT2D eigenvalue weighted by Gasteiger charge is 2.21. The van der Waals surface area contributed by atoms with Crippen LogP contribution >= 0.6 is 0 Å². The molecule has 4 aromatic heterocycles. The van der Waals surface area contributed by atoms with E-state index >= 15 is 0 Å². The molecule has 5 heterocycles. The first-order valence-corrected chi connectivity index (χ1v) is 10.1. The summed E-state index contributed by atoms with van der Waals surface area (Å²) < 4.78 is 5.60. The van der Waals surface area contributed by atoms with Crippen LogP contribution in [0.4, 0.5) is 11.6 Å². The predicted octanol–water partition coefficient (Wildman–Crippen LogP) is 2.56. The molecule has 1 aliphatic heterocycles. The summed E-state index contributed by atoms with van der Waals surface area (Å²) in [7, 11) is 1.92. The highest BCUT2D eigenvalue weighted by Crippen LogP contribution is 2.30. The minimum Gasteiger partial charge on any atom is -0.325 e. The number of nitrogens with one attached hydrogen (secondary N) is 2. The van der Waals surface area contributed by atoms with Crippen LogP contribution in [0.1, 0.15) is 31.4 Å². The van der Waals surface area contributed by atoms with Gasteiger partial charge in [0.2, 0.25) is 0 Å². The Morgan fingerprint density at radius 1 is 1.21 bits per heavy atom. The summed E-state index contributed by atoms with van der Waals surface area (Å²) in [5.74, 6) is 2.22. The van der Waals surface area contributed by atoms with Gasteiger partial charge in [-0.3, -0.25) is 4.68 Å². The quantitative estimate of drug-likeness (QED) is 0.543. The Balaban J connectivity index is 1.64. The second-order valence-corrected chi connectivity index (χ2v) is 7.46. The molecule has 1 fully saturated rings. The molecular weight excluding hydrogens is 366 g/mol. The minimum atomic E-state index is 0.391. The Morgan fingerprint density at radius 3 is 2.90 bits per heavy atom. The third-order valence-electron chi connectivity index (χ3n) is 5.49. The summed E-state index contributed by atoms with van der Waals surface area (Å²) in [6.45, 7) is 4.90. The van der Waals surface area contributed by atoms with E-state index in [0.717, 1.165) is 66.6 Å². The molecule has 150 valence electrons. The SMILES string of the molecule is CCn1nccc1Nc1cc(C2CCCNC2)nc2c(-c3cnn(C)c3)cnn12. The van der Waals surface area contributed by atoms with Crippen LogP contribution in [0.25, 0.3) is 16.8 Å². The molecule has 2 N–H and O–H groups in total. The topological polar surface area (TPSA) is 89.9 Å². The highest BCUT2D eigenvalue weighted by molar-refractivity contribution is 5.78. The zero-order chi connectivity index (χ0) is 19.8. The number of fused-ring (bicyclic) bond motifs is 1. The molecule has 1 unspecified atom stereocenters. The molecule has 9 heteroatoms. The fourth-order valence-electron chi connectivity index (χ4n) is 3.97. The van der Waals surface area contributed by atoms with Gasteiger partial charge in [-0.1, -0.05) is 0 Å². The van der Waals surface area contributed by atoms with Crippen molar-refractivity contribution in [2.24, 2.45) is 7.05 Å². The molecule has 0 saturated carbocycles. The highest BCUT2D eigenvalue weighted by atomic mass is 15.4. The normalized spacial score (nSPS) is 17.1. The predicted molar refractivity (Wildman–Crippen MR) is 111 cm³/mol. The minimum absolute atomic E-state index is 0.391. The van der Waals surface area contributed by atoms with Crippen LogP contribution in [0.15, 0.2) is 36.9 Å². The van der Waals surface area contributed by atoms with Crippen molar-refractivity contribution in [2.45, 2.75) is 32.2 Å². The Labute approximate surface area is 168 Å². The summed E-state index contributed by atoms with van der Waals surface area (Å²) in [5, 5.41) is 20.3. The van der Waals surface area contributed by atoms with Crippen molar-refractivity contribution in [3.63, 3.8) is 0 Å². The molecule has 0 spiro atoms. The van der Waals surface area contributed by atoms with Gasteiger partial charge in [0.15, 0.2) is 5.65 Å². The van der Waals surface area contributed by atoms with Crippen molar-refractivity contribution in [3.05, 3.63) is 42.6 Å². The van der Waals surface area contributed by atoms with Crippen LogP contribution in [0, 0.1) is 0 Å². The van der Waals surface area contributed by atoms with Crippen LogP contribution in [0.2, 0.25) is 0 Å². The molecular formula is C20H25N9. The number of hydrogen-bond acceptors (Lipinski definition) is 6. The average molecular weight is 391 g/mol. The molecule has 1 atom stereocenters. The lowest BCUT2D eigenvalue weighted by molar-refractivity contribution is 0.455. The second-order valence-electron chi connectivity index (χ2n) is 7.46. The number of aryl methyl sites for hydroxylation is 2. The van der Waals surface area contributed by atoms with E-state index in [1.54, 1.807) is 10.9 Å². The molecule has 1 aliphatic rings. The number of nitrogens with zero attached hydrogens (tertiary/aromatic N) is 7. The first kappa shape index (κ1) is 17.9. The molecule has 0 amide bonds. The summed E-state index contributed by atoms with van der Waals surface area (Å²) in [6, 6.07) is 4.10. The van der Waals surface area contributed by atoms with Crippen molar-refractivity contribution in [2.75, 3.05) is 18.4 Å². The summed E-state index contributed by atoms with van der Waals surface area (Å²) in [6.07, 6.45) is 9.82. The van der Waals surface area contributed by atoms with E-state index in [1.807, 2.05) is 40.9 Å². The van der Waals surface area contributed by atoms with Gasteiger partial charge in [-0.15, -0.1) is 0 Å². The smallest absolute Gasteiger partial charge is 0.165 e. The number of anilines is 2. The number of piperidine rings is 1. The van der Waals surface area contributed by atoms with Crippen molar-refractivity contribution in [1.82, 2.24) is 39.5 Å². The van der Waals surface area contributed by atoms with Crippen LogP contribution in [0.5, 0.6) is 0 Å². The zero-order valence-electron chi connectivity index (χ0n) is 16.7. The lowest BCUT2D eigenvalue weighted by atomic mass is 9.96. The maximum atomic E-state index is 5.04. The van der Waals surface area contributed by atoms with Gasteiger partial charge in [-0.2, -0.15) is 19.8 Å². The van der Waals surface area contributed by atoms with E-state index < -0.39 is 0 Å². The monoisotopic (exact) mass is 391 g/mol. The Bertz CT molecular complexity index is 1130. The zero-order valence-corrected chi connectivity index (χ0v) is 16.7. The third kappa shape index (κ3) is 3.27. The van der Waals surface area contributed by atoms with Crippen molar-refractivity contribution in [3.8, 4) is 11.1 Å². The van der Waals surface area contributed by atoms with E-state index in [9.17, 15) is 0 Å². The standard InChI is InChI=1S/C20H25N9/c1-3-28-18(6-8-22-28)26-19-9-17(14-5-4-7-21-10-14)25-20-16(12-24-29(19)20)15-11-23-27(2)13-15/h6,8-9,11-14,21,26H,3-5,7,10H2,1-2H3. The maximum absolute atomic E-state index is 5.04. The van der Waals surface area contributed by atoms with Crippen LogP contribution in [-0.4, -0.2) is 47.2 Å². The summed E-state index contributed by atoms with van der Waals surface area (Å²) >= 11 is 0. The number of hydrogen-bond donors (Lipinski definition) is 2. The van der Waals surface area contributed by atoms with Crippen LogP contribution < -0.4 is 10.6 Å². The maximum Gasteiger partial charge on any atom is 0.165 e. The van der Waals surface area contributed by atoms with E-state index in [0.29, 0.717) is 5.92 Å². The molecule has 1 saturated heterocycles. The van der Waals surface area contributed by atoms with Gasteiger partial charge in [0.05, 0.1) is 24.3 Å². The van der Waals surface area contributed by atoms with Crippen molar-refractivity contribution >= 4 is 17.3 Å². The lowest BCUT2D eigenvalue weighted by Crippen LogP contribution is -2.29. The fourth-order valence-corrected chi connectivity index (χ4v) is 3.97. The molecule has 0 aromatic carbocycles. The largest absolute Gasteiger partial charge is 0.325 e. The molecule has 9 nitrogen and oxygen atoms in total. The molecule has 0 bridgehead atoms. The fraction of sp³-hybridized carbons (Fsp3) is 0.400. The van der Waals surface area contributed by atoms with E-state index in [1.165, 1.54) is 0 Å². The molecule has 0 aliphatic carbocycles. The van der Waals surface area contributed by atoms with Crippen molar-refractivity contribution in [1.29, 1.82) is 0 Å². The van der Waals surface area contributed by atoms with E-state index in [-0.39, 0.29) is 0 Å². The lowest BCUT2D eigenvalue weighted by Gasteiger charge is -2.23. The Hall–Kier alpha value is -3.20. The van der Waals surface area contributed by atoms with Gasteiger partial charge >= 0.3 is 0 Å². The van der Waals surface area contributed by atoms with Gasteiger partial charge in [-0.05, 0) is 26.3 Å². The van der Waals surface area contributed by atoms with Gasteiger partial charge in [0, 0.05) is 55.5 Å². The first-order chi connectivity index (χ1) is 14.2. The summed E-state index contributed by atoms with van der Waals surface area (Å²) in [4.78, 5) is 5.04. The van der Waals surface area contributed by atoms with Crippen molar-refractivity contribution < 1.29 is 0 Å². The van der Waals surface area contributed by atoms with Crippen LogP contribution in [0.3, 0.4) is 0 Å².